The number of aliphatic hydroxyl groups is 1. The molecule has 6 nitrogen and oxygen atoms in total. The predicted molar refractivity (Wildman–Crippen MR) is 83.9 cm³/mol. The van der Waals surface area contributed by atoms with Gasteiger partial charge < -0.3 is 19.0 Å². The molecule has 0 amide bonds. The molecule has 2 aliphatic carbocycles. The van der Waals surface area contributed by atoms with Crippen LogP contribution in [0.25, 0.3) is 0 Å². The molecule has 25 heavy (non-hydrogen) atoms. The van der Waals surface area contributed by atoms with Gasteiger partial charge in [0.1, 0.15) is 12.2 Å². The van der Waals surface area contributed by atoms with Gasteiger partial charge in [-0.1, -0.05) is 6.92 Å². The van der Waals surface area contributed by atoms with Gasteiger partial charge in [0.05, 0.1) is 18.4 Å². The van der Waals surface area contributed by atoms with E-state index in [-0.39, 0.29) is 29.8 Å². The first-order valence-corrected chi connectivity index (χ1v) is 8.79. The molecule has 0 aromatic carbocycles. The molecule has 7 atom stereocenters. The fraction of sp³-hybridized carbons (Fsp3) is 0.579. The summed E-state index contributed by atoms with van der Waals surface area (Å²) in [4.78, 5) is 24.9. The van der Waals surface area contributed by atoms with Crippen molar-refractivity contribution < 1.29 is 28.6 Å². The van der Waals surface area contributed by atoms with Crippen LogP contribution >= 0.6 is 0 Å². The van der Waals surface area contributed by atoms with E-state index < -0.39 is 23.1 Å². The van der Waals surface area contributed by atoms with Gasteiger partial charge >= 0.3 is 11.9 Å². The molecule has 0 spiro atoms. The summed E-state index contributed by atoms with van der Waals surface area (Å²) >= 11 is 0. The van der Waals surface area contributed by atoms with Gasteiger partial charge in [-0.05, 0) is 42.9 Å². The Kier molecular flexibility index (Phi) is 2.89. The Labute approximate surface area is 144 Å². The Morgan fingerprint density at radius 2 is 2.08 bits per heavy atom. The molecule has 132 valence electrons. The lowest BCUT2D eigenvalue weighted by atomic mass is 9.48. The van der Waals surface area contributed by atoms with Crippen molar-refractivity contribution in [1.29, 1.82) is 0 Å². The fourth-order valence-corrected chi connectivity index (χ4v) is 5.65. The summed E-state index contributed by atoms with van der Waals surface area (Å²) in [6, 6.07) is 1.81. The fourth-order valence-electron chi connectivity index (χ4n) is 5.65. The normalized spacial score (nSPS) is 47.7. The van der Waals surface area contributed by atoms with Crippen LogP contribution in [0.5, 0.6) is 0 Å². The number of esters is 2. The molecule has 1 aromatic rings. The van der Waals surface area contributed by atoms with Crippen LogP contribution in [0, 0.1) is 23.2 Å². The van der Waals surface area contributed by atoms with Crippen molar-refractivity contribution in [3.05, 3.63) is 36.3 Å². The highest BCUT2D eigenvalue weighted by molar-refractivity contribution is 5.85. The number of ether oxygens (including phenoxy) is 2. The summed E-state index contributed by atoms with van der Waals surface area (Å²) in [6.07, 6.45) is 7.62. The quantitative estimate of drug-likeness (QED) is 0.620. The summed E-state index contributed by atoms with van der Waals surface area (Å²) in [5, 5.41) is 10.9. The van der Waals surface area contributed by atoms with Crippen molar-refractivity contribution in [3.63, 3.8) is 0 Å². The molecule has 6 heteroatoms. The van der Waals surface area contributed by atoms with E-state index >= 15 is 0 Å². The van der Waals surface area contributed by atoms with Gasteiger partial charge in [-0.15, -0.1) is 0 Å². The lowest BCUT2D eigenvalue weighted by Gasteiger charge is -2.60. The summed E-state index contributed by atoms with van der Waals surface area (Å²) in [5.41, 5.74) is -1.15. The van der Waals surface area contributed by atoms with Gasteiger partial charge in [0.2, 0.25) is 0 Å². The van der Waals surface area contributed by atoms with Crippen molar-refractivity contribution in [2.45, 2.75) is 44.0 Å². The molecule has 3 aliphatic heterocycles. The molecule has 4 heterocycles. The third kappa shape index (κ3) is 1.83. The highest BCUT2D eigenvalue weighted by Crippen LogP contribution is 2.62. The Morgan fingerprint density at radius 1 is 1.24 bits per heavy atom. The number of hydrogen-bond acceptors (Lipinski definition) is 6. The zero-order valence-electron chi connectivity index (χ0n) is 13.9. The molecule has 3 fully saturated rings. The number of carbonyl (C=O) groups excluding carboxylic acids is 2. The lowest BCUT2D eigenvalue weighted by molar-refractivity contribution is -0.233. The molecule has 7 unspecified atom stereocenters. The predicted octanol–water partition coefficient (Wildman–Crippen LogP) is 2.14. The average Bonchev–Trinajstić information content (AvgIpc) is 3.10. The van der Waals surface area contributed by atoms with E-state index in [1.165, 1.54) is 0 Å². The first kappa shape index (κ1) is 15.2. The molecule has 1 N–H and O–H groups in total. The van der Waals surface area contributed by atoms with Gasteiger partial charge in [-0.25, -0.2) is 4.79 Å². The number of hydrogen-bond donors (Lipinski definition) is 1. The summed E-state index contributed by atoms with van der Waals surface area (Å²) < 4.78 is 16.3. The first-order chi connectivity index (χ1) is 11.9. The SMILES string of the molecule is CC12CC(c3ccoc3)OC(=O)C1CCC1C2C2C=CC1(O)C(=O)O2. The summed E-state index contributed by atoms with van der Waals surface area (Å²) in [5.74, 6) is -1.33. The minimum Gasteiger partial charge on any atom is -0.472 e. The van der Waals surface area contributed by atoms with Crippen molar-refractivity contribution in [1.82, 2.24) is 0 Å². The molecule has 5 aliphatic rings. The molecule has 6 rings (SSSR count). The van der Waals surface area contributed by atoms with Crippen molar-refractivity contribution in [3.8, 4) is 0 Å². The minimum atomic E-state index is -1.57. The van der Waals surface area contributed by atoms with E-state index in [2.05, 4.69) is 6.92 Å². The maximum atomic E-state index is 12.7. The van der Waals surface area contributed by atoms with E-state index in [1.807, 2.05) is 6.07 Å². The smallest absolute Gasteiger partial charge is 0.343 e. The van der Waals surface area contributed by atoms with Gasteiger partial charge in [0.25, 0.3) is 0 Å². The second-order valence-corrected chi connectivity index (χ2v) is 8.01. The number of cyclic esters (lactones) is 1. The van der Waals surface area contributed by atoms with Crippen molar-refractivity contribution in [2.75, 3.05) is 0 Å². The minimum absolute atomic E-state index is 0.0961. The molecule has 1 aromatic heterocycles. The standard InChI is InChI=1S/C19H20O6/c1-18-8-14(10-5-7-23-9-10)24-16(20)12(18)3-2-11-15(18)13-4-6-19(11,22)17(21)25-13/h4-7,9,11-15,22H,2-3,8H2,1H3. The molecule has 1 saturated carbocycles. The number of fused-ring (bicyclic) bond motifs is 2. The molecule has 2 saturated heterocycles. The summed E-state index contributed by atoms with van der Waals surface area (Å²) in [7, 11) is 0. The van der Waals surface area contributed by atoms with Gasteiger partial charge in [-0.2, -0.15) is 0 Å². The highest BCUT2D eigenvalue weighted by atomic mass is 16.6. The van der Waals surface area contributed by atoms with E-state index in [9.17, 15) is 14.7 Å². The van der Waals surface area contributed by atoms with Crippen LogP contribution in [0.3, 0.4) is 0 Å². The summed E-state index contributed by atoms with van der Waals surface area (Å²) in [6.45, 7) is 2.08. The molecule has 2 bridgehead atoms. The number of rotatable bonds is 1. The maximum Gasteiger partial charge on any atom is 0.343 e. The Bertz CT molecular complexity index is 767. The van der Waals surface area contributed by atoms with Crippen LogP contribution in [-0.2, 0) is 19.1 Å². The largest absolute Gasteiger partial charge is 0.472 e. The average molecular weight is 344 g/mol. The zero-order chi connectivity index (χ0) is 17.4. The van der Waals surface area contributed by atoms with Crippen LogP contribution in [-0.4, -0.2) is 28.8 Å². The maximum absolute atomic E-state index is 12.7. The third-order valence-corrected chi connectivity index (χ3v) is 6.87. The van der Waals surface area contributed by atoms with Crippen molar-refractivity contribution in [2.24, 2.45) is 23.2 Å². The van der Waals surface area contributed by atoms with Gasteiger partial charge in [-0.3, -0.25) is 4.79 Å². The van der Waals surface area contributed by atoms with Gasteiger partial charge in [0, 0.05) is 17.4 Å². The monoisotopic (exact) mass is 344 g/mol. The first-order valence-electron chi connectivity index (χ1n) is 8.79. The van der Waals surface area contributed by atoms with E-state index in [4.69, 9.17) is 13.9 Å². The third-order valence-electron chi connectivity index (χ3n) is 6.87. The van der Waals surface area contributed by atoms with Gasteiger partial charge in [0.15, 0.2) is 5.60 Å². The Morgan fingerprint density at radius 3 is 2.80 bits per heavy atom. The zero-order valence-corrected chi connectivity index (χ0v) is 13.9. The van der Waals surface area contributed by atoms with E-state index in [0.717, 1.165) is 5.56 Å². The Balaban J connectivity index is 1.57. The molecule has 0 radical (unpaired) electrons. The Hall–Kier alpha value is -2.08. The molecular formula is C19H20O6. The van der Waals surface area contributed by atoms with Crippen LogP contribution in [0.2, 0.25) is 0 Å². The van der Waals surface area contributed by atoms with Crippen LogP contribution < -0.4 is 0 Å². The topological polar surface area (TPSA) is 86.0 Å². The van der Waals surface area contributed by atoms with Crippen molar-refractivity contribution >= 4 is 11.9 Å². The second-order valence-electron chi connectivity index (χ2n) is 8.01. The number of carbonyl (C=O) groups is 2. The highest BCUT2D eigenvalue weighted by Gasteiger charge is 2.67. The van der Waals surface area contributed by atoms with Crippen LogP contribution in [0.1, 0.15) is 37.9 Å². The van der Waals surface area contributed by atoms with E-state index in [0.29, 0.717) is 19.3 Å². The number of furan rings is 1. The lowest BCUT2D eigenvalue weighted by Crippen LogP contribution is -2.67. The molecular weight excluding hydrogens is 324 g/mol. The van der Waals surface area contributed by atoms with Crippen LogP contribution in [0.4, 0.5) is 0 Å². The van der Waals surface area contributed by atoms with Crippen LogP contribution in [0.15, 0.2) is 35.2 Å². The second kappa shape index (κ2) is 4.75. The van der Waals surface area contributed by atoms with E-state index in [1.54, 1.807) is 24.7 Å².